The molecule has 9 nitrogen and oxygen atoms in total. The van der Waals surface area contributed by atoms with Crippen molar-refractivity contribution >= 4 is 28.9 Å². The van der Waals surface area contributed by atoms with E-state index in [2.05, 4.69) is 25.8 Å². The number of benzene rings is 2. The zero-order valence-corrected chi connectivity index (χ0v) is 17.9. The topological polar surface area (TPSA) is 116 Å². The third kappa shape index (κ3) is 8.18. The Labute approximate surface area is 187 Å². The van der Waals surface area contributed by atoms with Gasteiger partial charge in [-0.15, -0.1) is 0 Å². The van der Waals surface area contributed by atoms with Crippen LogP contribution in [0.2, 0.25) is 0 Å². The average molecular weight is 440 g/mol. The highest BCUT2D eigenvalue weighted by Gasteiger charge is 2.21. The van der Waals surface area contributed by atoms with E-state index in [1.165, 1.54) is 0 Å². The summed E-state index contributed by atoms with van der Waals surface area (Å²) in [6, 6.07) is 15.4. The van der Waals surface area contributed by atoms with E-state index in [0.717, 1.165) is 45.0 Å². The van der Waals surface area contributed by atoms with E-state index in [0.29, 0.717) is 17.9 Å². The zero-order chi connectivity index (χ0) is 22.6. The molecule has 1 atom stereocenters. The Kier molecular flexibility index (Phi) is 9.30. The quantitative estimate of drug-likeness (QED) is 0.366. The first-order valence-corrected chi connectivity index (χ1v) is 10.7. The van der Waals surface area contributed by atoms with Crippen LogP contribution in [0.4, 0.5) is 17.1 Å². The predicted molar refractivity (Wildman–Crippen MR) is 122 cm³/mol. The summed E-state index contributed by atoms with van der Waals surface area (Å²) in [6.07, 6.45) is 0.659. The van der Waals surface area contributed by atoms with Gasteiger partial charge in [-0.3, -0.25) is 14.5 Å². The number of carboxylic acid groups (broad SMARTS) is 1. The van der Waals surface area contributed by atoms with Crippen molar-refractivity contribution in [3.8, 4) is 0 Å². The first-order valence-electron chi connectivity index (χ1n) is 10.7. The Bertz CT molecular complexity index is 883. The van der Waals surface area contributed by atoms with Crippen LogP contribution in [-0.4, -0.2) is 67.3 Å². The number of nitrogens with one attached hydrogen (secondary N) is 2. The Hall–Kier alpha value is -3.14. The maximum Gasteiger partial charge on any atom is 0.321 e. The molecule has 0 radical (unpaired) electrons. The Morgan fingerprint density at radius 1 is 1.00 bits per heavy atom. The highest BCUT2D eigenvalue weighted by Crippen LogP contribution is 2.20. The number of amides is 1. The molecule has 3 rings (SSSR count). The van der Waals surface area contributed by atoms with E-state index in [4.69, 9.17) is 4.74 Å². The lowest BCUT2D eigenvalue weighted by Gasteiger charge is -2.26. The number of aliphatic carboxylic acids is 1. The summed E-state index contributed by atoms with van der Waals surface area (Å²) in [5.74, 6) is -1.40. The molecule has 3 N–H and O–H groups in total. The van der Waals surface area contributed by atoms with E-state index < -0.39 is 12.0 Å². The minimum absolute atomic E-state index is 0.150. The van der Waals surface area contributed by atoms with Gasteiger partial charge in [0.2, 0.25) is 5.91 Å². The molecule has 170 valence electrons. The SMILES string of the molecule is O=C(C[C@H](NCCCN1CCOCC1)C(=O)O)Nc1ccc(N=Nc2ccccc2)cc1. The number of morpholine rings is 1. The van der Waals surface area contributed by atoms with Crippen LogP contribution in [0.1, 0.15) is 12.8 Å². The van der Waals surface area contributed by atoms with E-state index in [9.17, 15) is 14.7 Å². The van der Waals surface area contributed by atoms with Crippen molar-refractivity contribution < 1.29 is 19.4 Å². The fourth-order valence-electron chi connectivity index (χ4n) is 3.27. The van der Waals surface area contributed by atoms with Gasteiger partial charge >= 0.3 is 5.97 Å². The second kappa shape index (κ2) is 12.7. The summed E-state index contributed by atoms with van der Waals surface area (Å²) in [4.78, 5) is 26.1. The van der Waals surface area contributed by atoms with Crippen LogP contribution in [0.3, 0.4) is 0 Å². The molecule has 0 unspecified atom stereocenters. The van der Waals surface area contributed by atoms with Gasteiger partial charge < -0.3 is 20.5 Å². The van der Waals surface area contributed by atoms with Crippen LogP contribution in [0, 0.1) is 0 Å². The molecule has 1 aliphatic rings. The normalized spacial score (nSPS) is 15.5. The minimum Gasteiger partial charge on any atom is -0.480 e. The molecule has 0 spiro atoms. The van der Waals surface area contributed by atoms with Gasteiger partial charge in [0, 0.05) is 18.8 Å². The molecule has 1 heterocycles. The van der Waals surface area contributed by atoms with Crippen LogP contribution in [0.5, 0.6) is 0 Å². The molecule has 2 aromatic carbocycles. The van der Waals surface area contributed by atoms with Crippen molar-refractivity contribution in [2.75, 3.05) is 44.7 Å². The maximum atomic E-state index is 12.3. The number of anilines is 1. The third-order valence-corrected chi connectivity index (χ3v) is 5.02. The molecule has 1 saturated heterocycles. The van der Waals surface area contributed by atoms with Crippen LogP contribution in [0.25, 0.3) is 0 Å². The number of carboxylic acids is 1. The number of nitrogens with zero attached hydrogens (tertiary/aromatic N) is 3. The van der Waals surface area contributed by atoms with Crippen molar-refractivity contribution in [2.45, 2.75) is 18.9 Å². The number of carbonyl (C=O) groups is 2. The Morgan fingerprint density at radius 2 is 1.66 bits per heavy atom. The third-order valence-electron chi connectivity index (χ3n) is 5.02. The van der Waals surface area contributed by atoms with Crippen LogP contribution >= 0.6 is 0 Å². The number of hydrogen-bond acceptors (Lipinski definition) is 7. The lowest BCUT2D eigenvalue weighted by molar-refractivity contribution is -0.141. The number of hydrogen-bond donors (Lipinski definition) is 3. The average Bonchev–Trinajstić information content (AvgIpc) is 2.82. The van der Waals surface area contributed by atoms with Crippen molar-refractivity contribution in [1.82, 2.24) is 10.2 Å². The lowest BCUT2D eigenvalue weighted by Crippen LogP contribution is -2.42. The summed E-state index contributed by atoms with van der Waals surface area (Å²) < 4.78 is 5.32. The van der Waals surface area contributed by atoms with E-state index in [1.807, 2.05) is 30.3 Å². The highest BCUT2D eigenvalue weighted by atomic mass is 16.5. The molecule has 0 aromatic heterocycles. The molecular weight excluding hydrogens is 410 g/mol. The monoisotopic (exact) mass is 439 g/mol. The second-order valence-electron chi connectivity index (χ2n) is 7.49. The van der Waals surface area contributed by atoms with Crippen LogP contribution in [-0.2, 0) is 14.3 Å². The van der Waals surface area contributed by atoms with E-state index in [-0.39, 0.29) is 12.3 Å². The summed E-state index contributed by atoms with van der Waals surface area (Å²) in [6.45, 7) is 4.68. The standard InChI is InChI=1S/C23H29N5O4/c29-22(17-21(23(30)31)24-11-4-12-28-13-15-32-16-14-28)25-18-7-9-20(10-8-18)27-26-19-5-2-1-3-6-19/h1-3,5-10,21,24H,4,11-17H2,(H,25,29)(H,30,31)/t21-/m0/s1. The fourth-order valence-corrected chi connectivity index (χ4v) is 3.27. The van der Waals surface area contributed by atoms with Gasteiger partial charge in [0.1, 0.15) is 6.04 Å². The Morgan fingerprint density at radius 3 is 2.31 bits per heavy atom. The highest BCUT2D eigenvalue weighted by molar-refractivity contribution is 5.94. The van der Waals surface area contributed by atoms with Crippen molar-refractivity contribution in [3.63, 3.8) is 0 Å². The molecule has 9 heteroatoms. The molecule has 2 aromatic rings. The molecule has 1 fully saturated rings. The molecule has 1 amide bonds. The summed E-state index contributed by atoms with van der Waals surface area (Å²) in [5, 5.41) is 23.4. The van der Waals surface area contributed by atoms with Gasteiger partial charge in [-0.2, -0.15) is 10.2 Å². The summed E-state index contributed by atoms with van der Waals surface area (Å²) in [7, 11) is 0. The molecule has 0 saturated carbocycles. The van der Waals surface area contributed by atoms with Crippen LogP contribution < -0.4 is 10.6 Å². The number of ether oxygens (including phenoxy) is 1. The van der Waals surface area contributed by atoms with E-state index in [1.54, 1.807) is 24.3 Å². The smallest absolute Gasteiger partial charge is 0.321 e. The zero-order valence-electron chi connectivity index (χ0n) is 17.9. The van der Waals surface area contributed by atoms with Crippen LogP contribution in [0.15, 0.2) is 64.8 Å². The van der Waals surface area contributed by atoms with Crippen molar-refractivity contribution in [3.05, 3.63) is 54.6 Å². The first-order chi connectivity index (χ1) is 15.6. The summed E-state index contributed by atoms with van der Waals surface area (Å²) in [5.41, 5.74) is 1.98. The van der Waals surface area contributed by atoms with Crippen molar-refractivity contribution in [2.24, 2.45) is 10.2 Å². The van der Waals surface area contributed by atoms with Gasteiger partial charge in [-0.25, -0.2) is 0 Å². The van der Waals surface area contributed by atoms with Gasteiger partial charge in [0.05, 0.1) is 31.0 Å². The largest absolute Gasteiger partial charge is 0.480 e. The molecular formula is C23H29N5O4. The number of carbonyl (C=O) groups excluding carboxylic acids is 1. The maximum absolute atomic E-state index is 12.3. The fraction of sp³-hybridized carbons (Fsp3) is 0.391. The summed E-state index contributed by atoms with van der Waals surface area (Å²) >= 11 is 0. The molecule has 1 aliphatic heterocycles. The van der Waals surface area contributed by atoms with Gasteiger partial charge in [-0.1, -0.05) is 18.2 Å². The van der Waals surface area contributed by atoms with Gasteiger partial charge in [0.25, 0.3) is 0 Å². The number of rotatable bonds is 11. The predicted octanol–water partition coefficient (Wildman–Crippen LogP) is 3.20. The van der Waals surface area contributed by atoms with Crippen molar-refractivity contribution in [1.29, 1.82) is 0 Å². The number of azo groups is 1. The Balaban J connectivity index is 1.42. The lowest BCUT2D eigenvalue weighted by atomic mass is 10.2. The molecule has 0 bridgehead atoms. The van der Waals surface area contributed by atoms with Gasteiger partial charge in [-0.05, 0) is 55.9 Å². The first kappa shape index (κ1) is 23.5. The van der Waals surface area contributed by atoms with Gasteiger partial charge in [0.15, 0.2) is 0 Å². The molecule has 32 heavy (non-hydrogen) atoms. The second-order valence-corrected chi connectivity index (χ2v) is 7.49. The molecule has 0 aliphatic carbocycles. The van der Waals surface area contributed by atoms with E-state index >= 15 is 0 Å². The minimum atomic E-state index is -1.04.